The molecule has 0 spiro atoms. The predicted molar refractivity (Wildman–Crippen MR) is 64.1 cm³/mol. The largest absolute Gasteiger partial charge is 0.469 e. The molecule has 1 rings (SSSR count). The smallest absolute Gasteiger partial charge is 0.307 e. The molecule has 0 saturated heterocycles. The molecule has 1 aromatic carbocycles. The first-order chi connectivity index (χ1) is 7.35. The fraction of sp³-hybridized carbons (Fsp3) is 0.462. The first-order valence-electron chi connectivity index (χ1n) is 5.29. The molecule has 1 unspecified atom stereocenters. The van der Waals surface area contributed by atoms with Gasteiger partial charge in [0.25, 0.3) is 0 Å². The molecule has 0 aromatic heterocycles. The minimum atomic E-state index is -0.677. The van der Waals surface area contributed by atoms with Crippen molar-refractivity contribution in [3.63, 3.8) is 0 Å². The number of esters is 1. The minimum Gasteiger partial charge on any atom is -0.469 e. The van der Waals surface area contributed by atoms with Gasteiger partial charge < -0.3 is 10.5 Å². The molecule has 88 valence electrons. The molecule has 0 heterocycles. The molecule has 3 heteroatoms. The second-order valence-corrected chi connectivity index (χ2v) is 4.55. The highest BCUT2D eigenvalue weighted by Gasteiger charge is 2.25. The maximum absolute atomic E-state index is 11.3. The Kier molecular flexibility index (Phi) is 3.70. The molecule has 1 atom stereocenters. The maximum Gasteiger partial charge on any atom is 0.307 e. The summed E-state index contributed by atoms with van der Waals surface area (Å²) in [6, 6.07) is 6.10. The highest BCUT2D eigenvalue weighted by Crippen LogP contribution is 2.24. The van der Waals surface area contributed by atoms with Crippen LogP contribution in [0.5, 0.6) is 0 Å². The number of aryl methyl sites for hydroxylation is 2. The number of methoxy groups -OCH3 is 1. The number of nitrogens with two attached hydrogens (primary N) is 1. The molecule has 1 aromatic rings. The van der Waals surface area contributed by atoms with Gasteiger partial charge in [0, 0.05) is 5.54 Å². The first-order valence-corrected chi connectivity index (χ1v) is 5.29. The van der Waals surface area contributed by atoms with Crippen LogP contribution < -0.4 is 5.73 Å². The van der Waals surface area contributed by atoms with Crippen LogP contribution >= 0.6 is 0 Å². The lowest BCUT2D eigenvalue weighted by molar-refractivity contribution is -0.141. The van der Waals surface area contributed by atoms with Crippen molar-refractivity contribution in [1.29, 1.82) is 0 Å². The van der Waals surface area contributed by atoms with Crippen molar-refractivity contribution >= 4 is 5.97 Å². The van der Waals surface area contributed by atoms with Crippen LogP contribution in [-0.2, 0) is 15.1 Å². The summed E-state index contributed by atoms with van der Waals surface area (Å²) in [4.78, 5) is 11.3. The van der Waals surface area contributed by atoms with E-state index < -0.39 is 5.54 Å². The Morgan fingerprint density at radius 1 is 1.31 bits per heavy atom. The van der Waals surface area contributed by atoms with Crippen molar-refractivity contribution < 1.29 is 9.53 Å². The third kappa shape index (κ3) is 3.07. The number of rotatable bonds is 3. The standard InChI is InChI=1S/C13H19NO2/c1-9-5-10(2)7-11(6-9)13(3,14)8-12(15)16-4/h5-7H,8,14H2,1-4H3. The average molecular weight is 221 g/mol. The summed E-state index contributed by atoms with van der Waals surface area (Å²) in [6.07, 6.45) is 0.187. The zero-order valence-corrected chi connectivity index (χ0v) is 10.3. The van der Waals surface area contributed by atoms with Crippen LogP contribution in [0.25, 0.3) is 0 Å². The van der Waals surface area contributed by atoms with Gasteiger partial charge in [-0.05, 0) is 26.3 Å². The molecular weight excluding hydrogens is 202 g/mol. The highest BCUT2D eigenvalue weighted by molar-refractivity contribution is 5.71. The van der Waals surface area contributed by atoms with Crippen LogP contribution in [0.1, 0.15) is 30.0 Å². The van der Waals surface area contributed by atoms with Gasteiger partial charge >= 0.3 is 5.97 Å². The topological polar surface area (TPSA) is 52.3 Å². The van der Waals surface area contributed by atoms with Crippen molar-refractivity contribution in [1.82, 2.24) is 0 Å². The second-order valence-electron chi connectivity index (χ2n) is 4.55. The SMILES string of the molecule is COC(=O)CC(C)(N)c1cc(C)cc(C)c1. The molecule has 0 amide bonds. The van der Waals surface area contributed by atoms with E-state index in [9.17, 15) is 4.79 Å². The first kappa shape index (κ1) is 12.7. The van der Waals surface area contributed by atoms with Crippen LogP contribution in [-0.4, -0.2) is 13.1 Å². The van der Waals surface area contributed by atoms with Crippen molar-refractivity contribution in [2.24, 2.45) is 5.73 Å². The van der Waals surface area contributed by atoms with Gasteiger partial charge in [0.05, 0.1) is 13.5 Å². The quantitative estimate of drug-likeness (QED) is 0.795. The monoisotopic (exact) mass is 221 g/mol. The summed E-state index contributed by atoms with van der Waals surface area (Å²) in [5.74, 6) is -0.288. The molecule has 0 saturated carbocycles. The Morgan fingerprint density at radius 2 is 1.81 bits per heavy atom. The number of benzene rings is 1. The van der Waals surface area contributed by atoms with E-state index in [1.165, 1.54) is 7.11 Å². The van der Waals surface area contributed by atoms with Crippen LogP contribution in [0.3, 0.4) is 0 Å². The summed E-state index contributed by atoms with van der Waals surface area (Å²) in [6.45, 7) is 5.88. The van der Waals surface area contributed by atoms with Gasteiger partial charge in [0.1, 0.15) is 0 Å². The minimum absolute atomic E-state index is 0.187. The Morgan fingerprint density at radius 3 is 2.25 bits per heavy atom. The molecule has 0 aliphatic heterocycles. The van der Waals surface area contributed by atoms with Crippen LogP contribution in [0.2, 0.25) is 0 Å². The van der Waals surface area contributed by atoms with Crippen molar-refractivity contribution in [2.45, 2.75) is 32.7 Å². The lowest BCUT2D eigenvalue weighted by Crippen LogP contribution is -2.36. The van der Waals surface area contributed by atoms with E-state index in [1.54, 1.807) is 0 Å². The van der Waals surface area contributed by atoms with Gasteiger partial charge in [-0.25, -0.2) is 0 Å². The van der Waals surface area contributed by atoms with E-state index in [0.29, 0.717) is 0 Å². The van der Waals surface area contributed by atoms with Gasteiger partial charge in [-0.2, -0.15) is 0 Å². The number of carbonyl (C=O) groups is 1. The fourth-order valence-corrected chi connectivity index (χ4v) is 1.78. The average Bonchev–Trinajstić information content (AvgIpc) is 2.15. The molecule has 0 aliphatic rings. The van der Waals surface area contributed by atoms with Crippen molar-refractivity contribution in [3.05, 3.63) is 34.9 Å². The van der Waals surface area contributed by atoms with E-state index in [0.717, 1.165) is 16.7 Å². The van der Waals surface area contributed by atoms with E-state index in [1.807, 2.05) is 32.9 Å². The fourth-order valence-electron chi connectivity index (χ4n) is 1.78. The van der Waals surface area contributed by atoms with Crippen molar-refractivity contribution in [2.75, 3.05) is 7.11 Å². The van der Waals surface area contributed by atoms with Gasteiger partial charge in [-0.15, -0.1) is 0 Å². The zero-order valence-electron chi connectivity index (χ0n) is 10.3. The van der Waals surface area contributed by atoms with Gasteiger partial charge in [0.15, 0.2) is 0 Å². The summed E-state index contributed by atoms with van der Waals surface area (Å²) in [7, 11) is 1.37. The molecule has 0 aliphatic carbocycles. The lowest BCUT2D eigenvalue weighted by atomic mass is 9.88. The second kappa shape index (κ2) is 4.66. The number of hydrogen-bond acceptors (Lipinski definition) is 3. The summed E-state index contributed by atoms with van der Waals surface area (Å²) >= 11 is 0. The molecule has 3 nitrogen and oxygen atoms in total. The van der Waals surface area contributed by atoms with E-state index >= 15 is 0 Å². The van der Waals surface area contributed by atoms with Crippen LogP contribution in [0.15, 0.2) is 18.2 Å². The summed E-state index contributed by atoms with van der Waals surface area (Å²) in [5.41, 5.74) is 8.74. The van der Waals surface area contributed by atoms with E-state index in [2.05, 4.69) is 10.8 Å². The Hall–Kier alpha value is -1.35. The van der Waals surface area contributed by atoms with Crippen molar-refractivity contribution in [3.8, 4) is 0 Å². The van der Waals surface area contributed by atoms with E-state index in [-0.39, 0.29) is 12.4 Å². The Balaban J connectivity index is 3.01. The predicted octanol–water partition coefficient (Wildman–Crippen LogP) is 2.04. The summed E-state index contributed by atoms with van der Waals surface area (Å²) in [5, 5.41) is 0. The zero-order chi connectivity index (χ0) is 12.3. The van der Waals surface area contributed by atoms with Gasteiger partial charge in [-0.3, -0.25) is 4.79 Å². The lowest BCUT2D eigenvalue weighted by Gasteiger charge is -2.24. The number of ether oxygens (including phenoxy) is 1. The molecule has 16 heavy (non-hydrogen) atoms. The molecular formula is C13H19NO2. The Labute approximate surface area is 96.6 Å². The van der Waals surface area contributed by atoms with Crippen LogP contribution in [0, 0.1) is 13.8 Å². The maximum atomic E-state index is 11.3. The molecule has 2 N–H and O–H groups in total. The van der Waals surface area contributed by atoms with Gasteiger partial charge in [0.2, 0.25) is 0 Å². The molecule has 0 fully saturated rings. The third-order valence-corrected chi connectivity index (χ3v) is 2.62. The van der Waals surface area contributed by atoms with E-state index in [4.69, 9.17) is 5.73 Å². The molecule has 0 radical (unpaired) electrons. The normalized spacial score (nSPS) is 14.3. The molecule has 0 bridgehead atoms. The number of carbonyl (C=O) groups excluding carboxylic acids is 1. The highest BCUT2D eigenvalue weighted by atomic mass is 16.5. The third-order valence-electron chi connectivity index (χ3n) is 2.62. The van der Waals surface area contributed by atoms with Crippen LogP contribution in [0.4, 0.5) is 0 Å². The summed E-state index contributed by atoms with van der Waals surface area (Å²) < 4.78 is 4.65. The number of hydrogen-bond donors (Lipinski definition) is 1. The van der Waals surface area contributed by atoms with Gasteiger partial charge in [-0.1, -0.05) is 29.3 Å². The Bertz CT molecular complexity index is 377.